The Morgan fingerprint density at radius 3 is 2.52 bits per heavy atom. The van der Waals surface area contributed by atoms with Crippen LogP contribution in [-0.2, 0) is 9.95 Å². The van der Waals surface area contributed by atoms with E-state index in [4.69, 9.17) is 4.74 Å². The molecule has 4 heteroatoms. The maximum absolute atomic E-state index is 11.4. The first-order valence-electron chi connectivity index (χ1n) is 7.88. The van der Waals surface area contributed by atoms with Crippen LogP contribution in [0.4, 0.5) is 0 Å². The van der Waals surface area contributed by atoms with Gasteiger partial charge in [-0.25, -0.2) is 0 Å². The molecule has 0 aliphatic carbocycles. The minimum atomic E-state index is -0.247. The Kier molecular flexibility index (Phi) is 5.02. The maximum atomic E-state index is 11.4. The van der Waals surface area contributed by atoms with Crippen LogP contribution in [-0.4, -0.2) is 40.9 Å². The van der Waals surface area contributed by atoms with E-state index >= 15 is 0 Å². The minimum absolute atomic E-state index is 0.0980. The molecule has 2 aliphatic heterocycles. The molecule has 21 heavy (non-hydrogen) atoms. The van der Waals surface area contributed by atoms with Gasteiger partial charge < -0.3 is 0 Å². The van der Waals surface area contributed by atoms with Crippen LogP contribution >= 0.6 is 0 Å². The summed E-state index contributed by atoms with van der Waals surface area (Å²) in [5.41, 5.74) is 2.02. The molecule has 2 saturated heterocycles. The number of nitrogens with one attached hydrogen (secondary N) is 1. The number of methoxy groups -OCH3 is 1. The number of hydrogen-bond acceptors (Lipinski definition) is 3. The van der Waals surface area contributed by atoms with Crippen molar-refractivity contribution in [2.24, 2.45) is 5.92 Å². The van der Waals surface area contributed by atoms with Gasteiger partial charge in [-0.2, -0.15) is 0 Å². The van der Waals surface area contributed by atoms with Gasteiger partial charge in [-0.3, -0.25) is 0 Å². The number of rotatable bonds is 5. The van der Waals surface area contributed by atoms with Gasteiger partial charge in [0.25, 0.3) is 0 Å². The quantitative estimate of drug-likeness (QED) is 0.655. The second-order valence-electron chi connectivity index (χ2n) is 6.29. The number of carbonyl (C=O) groups is 1. The summed E-state index contributed by atoms with van der Waals surface area (Å²) in [5.74, 6) is 0.723. The summed E-state index contributed by atoms with van der Waals surface area (Å²) in [5, 5.41) is 6.42. The molecule has 2 bridgehead atoms. The van der Waals surface area contributed by atoms with Crippen molar-refractivity contribution in [3.05, 3.63) is 35.4 Å². The molecule has 0 amide bonds. The first-order valence-corrected chi connectivity index (χ1v) is 10.9. The Morgan fingerprint density at radius 1 is 1.24 bits per heavy atom. The van der Waals surface area contributed by atoms with Crippen LogP contribution in [0.3, 0.4) is 0 Å². The van der Waals surface area contributed by atoms with E-state index in [0.717, 1.165) is 18.0 Å². The third-order valence-electron chi connectivity index (χ3n) is 4.71. The zero-order valence-electron chi connectivity index (χ0n) is 12.6. The Hall–Kier alpha value is -0.792. The Morgan fingerprint density at radius 2 is 1.90 bits per heavy atom. The van der Waals surface area contributed by atoms with Crippen molar-refractivity contribution in [1.82, 2.24) is 5.32 Å². The zero-order chi connectivity index (χ0) is 14.7. The number of carbonyl (C=O) groups excluding carboxylic acids is 1. The molecule has 3 nitrogen and oxygen atoms in total. The van der Waals surface area contributed by atoms with Crippen molar-refractivity contribution in [3.63, 3.8) is 0 Å². The van der Waals surface area contributed by atoms with E-state index in [0.29, 0.717) is 5.56 Å². The summed E-state index contributed by atoms with van der Waals surface area (Å²) in [4.78, 5) is 11.4. The first kappa shape index (κ1) is 15.1. The number of fused-ring (bicyclic) bond motifs is 2. The van der Waals surface area contributed by atoms with Gasteiger partial charge in [0.2, 0.25) is 0 Å². The van der Waals surface area contributed by atoms with Gasteiger partial charge in [-0.15, -0.1) is 0 Å². The van der Waals surface area contributed by atoms with Crippen LogP contribution < -0.4 is 5.32 Å². The van der Waals surface area contributed by atoms with E-state index in [-0.39, 0.29) is 21.7 Å². The molecule has 0 aromatic heterocycles. The molecule has 1 aromatic rings. The van der Waals surface area contributed by atoms with Gasteiger partial charge in [0, 0.05) is 0 Å². The summed E-state index contributed by atoms with van der Waals surface area (Å²) in [6.45, 7) is 0. The third kappa shape index (κ3) is 3.90. The van der Waals surface area contributed by atoms with Crippen LogP contribution in [0.2, 0.25) is 5.21 Å². The van der Waals surface area contributed by atoms with Gasteiger partial charge in [0.15, 0.2) is 0 Å². The summed E-state index contributed by atoms with van der Waals surface area (Å²) in [7, 11) is 1.43. The fourth-order valence-electron chi connectivity index (χ4n) is 3.64. The summed E-state index contributed by atoms with van der Waals surface area (Å²) in [6, 6.07) is 9.58. The number of piperidine rings is 1. The van der Waals surface area contributed by atoms with E-state index in [2.05, 4.69) is 17.4 Å². The van der Waals surface area contributed by atoms with E-state index in [1.807, 2.05) is 12.1 Å². The molecule has 2 heterocycles. The van der Waals surface area contributed by atoms with Gasteiger partial charge in [-0.1, -0.05) is 0 Å². The standard InChI is InChI=1S/C17H24AsNO2/c1-21-17(20)14-4-2-12(3-5-14)10-18-11-13-8-15-6-7-16(9-13)19-15/h2-5,13,15-16,18-19H,6-11H2,1H3. The molecule has 3 atom stereocenters. The number of benzene rings is 1. The van der Waals surface area contributed by atoms with Crippen molar-refractivity contribution < 1.29 is 9.53 Å². The second kappa shape index (κ2) is 6.98. The Bertz CT molecular complexity index is 476. The van der Waals surface area contributed by atoms with Crippen LogP contribution in [0.15, 0.2) is 24.3 Å². The molecule has 3 unspecified atom stereocenters. The molecule has 0 spiro atoms. The van der Waals surface area contributed by atoms with E-state index < -0.39 is 0 Å². The number of esters is 1. The van der Waals surface area contributed by atoms with Crippen LogP contribution in [0.1, 0.15) is 41.6 Å². The molecule has 3 rings (SSSR count). The fraction of sp³-hybridized carbons (Fsp3) is 0.588. The van der Waals surface area contributed by atoms with E-state index in [1.165, 1.54) is 48.8 Å². The molecule has 0 radical (unpaired) electrons. The molecule has 2 fully saturated rings. The van der Waals surface area contributed by atoms with Crippen molar-refractivity contribution in [1.29, 1.82) is 0 Å². The summed E-state index contributed by atoms with van der Waals surface area (Å²) < 4.78 is 4.73. The summed E-state index contributed by atoms with van der Waals surface area (Å²) in [6.07, 6.45) is 5.61. The Balaban J connectivity index is 1.44. The zero-order valence-corrected chi connectivity index (χ0v) is 14.7. The Labute approximate surface area is 133 Å². The summed E-state index contributed by atoms with van der Waals surface area (Å²) >= 11 is 0.0980. The monoisotopic (exact) mass is 349 g/mol. The van der Waals surface area contributed by atoms with Gasteiger partial charge in [0.05, 0.1) is 0 Å². The van der Waals surface area contributed by atoms with Crippen LogP contribution in [0.25, 0.3) is 0 Å². The average Bonchev–Trinajstić information content (AvgIpc) is 2.86. The van der Waals surface area contributed by atoms with E-state index in [9.17, 15) is 4.79 Å². The SMILES string of the molecule is COC(=O)c1ccc(C[AsH]CC2CC3CCC(C2)N3)cc1. The molecule has 0 saturated carbocycles. The van der Waals surface area contributed by atoms with Gasteiger partial charge in [0.1, 0.15) is 0 Å². The third-order valence-corrected chi connectivity index (χ3v) is 7.91. The molecule has 1 N–H and O–H groups in total. The van der Waals surface area contributed by atoms with Gasteiger partial charge in [-0.05, 0) is 0 Å². The molecular formula is C17H24AsNO2. The van der Waals surface area contributed by atoms with Crippen LogP contribution in [0.5, 0.6) is 0 Å². The van der Waals surface area contributed by atoms with Gasteiger partial charge >= 0.3 is 133 Å². The molecule has 2 aliphatic rings. The van der Waals surface area contributed by atoms with Crippen LogP contribution in [0, 0.1) is 5.92 Å². The fourth-order valence-corrected chi connectivity index (χ4v) is 6.60. The predicted molar refractivity (Wildman–Crippen MR) is 86.1 cm³/mol. The predicted octanol–water partition coefficient (Wildman–Crippen LogP) is 2.36. The van der Waals surface area contributed by atoms with E-state index in [1.54, 1.807) is 0 Å². The average molecular weight is 349 g/mol. The molecule has 1 aromatic carbocycles. The van der Waals surface area contributed by atoms with Crippen molar-refractivity contribution in [2.75, 3.05) is 7.11 Å². The van der Waals surface area contributed by atoms with Crippen molar-refractivity contribution >= 4 is 21.7 Å². The number of hydrogen-bond donors (Lipinski definition) is 1. The van der Waals surface area contributed by atoms with Crippen molar-refractivity contribution in [3.8, 4) is 0 Å². The normalized spacial score (nSPS) is 28.1. The number of ether oxygens (including phenoxy) is 1. The molecular weight excluding hydrogens is 325 g/mol. The molecule has 114 valence electrons. The first-order chi connectivity index (χ1) is 10.2. The second-order valence-corrected chi connectivity index (χ2v) is 8.94. The topological polar surface area (TPSA) is 38.3 Å². The van der Waals surface area contributed by atoms with Crippen molar-refractivity contribution in [2.45, 2.75) is 48.2 Å².